The normalized spacial score (nSPS) is 20.2. The predicted molar refractivity (Wildman–Crippen MR) is 80.2 cm³/mol. The molecule has 0 amide bonds. The summed E-state index contributed by atoms with van der Waals surface area (Å²) in [4.78, 5) is 4.17. The minimum atomic E-state index is 0.712. The first-order valence-corrected chi connectivity index (χ1v) is 8.02. The van der Waals surface area contributed by atoms with E-state index >= 15 is 0 Å². The second kappa shape index (κ2) is 6.69. The number of nitrogens with one attached hydrogen (secondary N) is 1. The van der Waals surface area contributed by atoms with Crippen molar-refractivity contribution in [1.29, 1.82) is 0 Å². The van der Waals surface area contributed by atoms with Gasteiger partial charge in [0.25, 0.3) is 0 Å². The summed E-state index contributed by atoms with van der Waals surface area (Å²) in [7, 11) is 0. The van der Waals surface area contributed by atoms with Crippen LogP contribution < -0.4 is 5.32 Å². The van der Waals surface area contributed by atoms with Crippen molar-refractivity contribution < 1.29 is 0 Å². The van der Waals surface area contributed by atoms with Crippen molar-refractivity contribution in [3.8, 4) is 0 Å². The molecule has 1 fully saturated rings. The van der Waals surface area contributed by atoms with Gasteiger partial charge in [0.1, 0.15) is 0 Å². The Morgan fingerprint density at radius 1 is 1.50 bits per heavy atom. The number of nitrogens with zero attached hydrogens (tertiary/aromatic N) is 1. The van der Waals surface area contributed by atoms with Gasteiger partial charge in [-0.1, -0.05) is 13.8 Å². The Hall–Kier alpha value is -0.380. The highest BCUT2D eigenvalue weighted by Gasteiger charge is 2.19. The summed E-state index contributed by atoms with van der Waals surface area (Å²) in [5.41, 5.74) is 1.45. The molecular formula is C15H26N2S. The number of hydrogen-bond acceptors (Lipinski definition) is 3. The van der Waals surface area contributed by atoms with Gasteiger partial charge in [-0.3, -0.25) is 4.90 Å². The summed E-state index contributed by atoms with van der Waals surface area (Å²) in [6.45, 7) is 11.6. The molecule has 0 radical (unpaired) electrons. The molecule has 18 heavy (non-hydrogen) atoms. The molecule has 1 aromatic rings. The maximum absolute atomic E-state index is 3.62. The summed E-state index contributed by atoms with van der Waals surface area (Å²) < 4.78 is 0. The fraction of sp³-hybridized carbons (Fsp3) is 0.733. The third-order valence-corrected chi connectivity index (χ3v) is 4.61. The lowest BCUT2D eigenvalue weighted by atomic mass is 10.1. The van der Waals surface area contributed by atoms with Crippen LogP contribution in [-0.2, 0) is 6.54 Å². The molecule has 1 aromatic heterocycles. The van der Waals surface area contributed by atoms with Crippen molar-refractivity contribution in [3.63, 3.8) is 0 Å². The zero-order valence-electron chi connectivity index (χ0n) is 11.9. The fourth-order valence-corrected chi connectivity index (χ4v) is 3.66. The zero-order valence-corrected chi connectivity index (χ0v) is 12.7. The van der Waals surface area contributed by atoms with Gasteiger partial charge < -0.3 is 5.32 Å². The Morgan fingerprint density at radius 2 is 2.33 bits per heavy atom. The van der Waals surface area contributed by atoms with Crippen molar-refractivity contribution in [1.82, 2.24) is 10.2 Å². The summed E-state index contributed by atoms with van der Waals surface area (Å²) in [6.07, 6.45) is 2.69. The molecule has 2 heterocycles. The minimum Gasteiger partial charge on any atom is -0.313 e. The van der Waals surface area contributed by atoms with Gasteiger partial charge >= 0.3 is 0 Å². The predicted octanol–water partition coefficient (Wildman–Crippen LogP) is 3.27. The van der Waals surface area contributed by atoms with Crippen LogP contribution >= 0.6 is 11.3 Å². The molecule has 0 aromatic carbocycles. The number of hydrogen-bond donors (Lipinski definition) is 1. The highest BCUT2D eigenvalue weighted by molar-refractivity contribution is 7.10. The largest absolute Gasteiger partial charge is 0.313 e. The Labute approximate surface area is 115 Å². The molecule has 0 bridgehead atoms. The van der Waals surface area contributed by atoms with E-state index in [1.54, 1.807) is 0 Å². The highest BCUT2D eigenvalue weighted by atomic mass is 32.1. The summed E-state index contributed by atoms with van der Waals surface area (Å²) in [6, 6.07) is 2.95. The second-order valence-electron chi connectivity index (χ2n) is 5.91. The van der Waals surface area contributed by atoms with E-state index in [9.17, 15) is 0 Å². The topological polar surface area (TPSA) is 15.3 Å². The Morgan fingerprint density at radius 3 is 2.89 bits per heavy atom. The average molecular weight is 266 g/mol. The van der Waals surface area contributed by atoms with Crippen LogP contribution in [0.3, 0.4) is 0 Å². The van der Waals surface area contributed by atoms with Gasteiger partial charge in [-0.05, 0) is 49.2 Å². The SMILES string of the molecule is Cc1ccsc1CN(CC(C)C)CC1CCCN1. The van der Waals surface area contributed by atoms with Crippen LogP contribution in [0.2, 0.25) is 0 Å². The molecule has 3 heteroatoms. The van der Waals surface area contributed by atoms with Gasteiger partial charge in [-0.2, -0.15) is 0 Å². The van der Waals surface area contributed by atoms with Gasteiger partial charge in [-0.15, -0.1) is 11.3 Å². The van der Waals surface area contributed by atoms with Gasteiger partial charge in [0.2, 0.25) is 0 Å². The van der Waals surface area contributed by atoms with Crippen molar-refractivity contribution >= 4 is 11.3 Å². The lowest BCUT2D eigenvalue weighted by molar-refractivity contribution is 0.217. The molecule has 1 aliphatic rings. The lowest BCUT2D eigenvalue weighted by Gasteiger charge is -2.27. The lowest BCUT2D eigenvalue weighted by Crippen LogP contribution is -2.38. The van der Waals surface area contributed by atoms with Gasteiger partial charge in [-0.25, -0.2) is 0 Å². The van der Waals surface area contributed by atoms with Crippen LogP contribution in [0.15, 0.2) is 11.4 Å². The van der Waals surface area contributed by atoms with Crippen molar-refractivity contribution in [2.45, 2.75) is 46.2 Å². The number of thiophene rings is 1. The second-order valence-corrected chi connectivity index (χ2v) is 6.91. The summed E-state index contributed by atoms with van der Waals surface area (Å²) in [5, 5.41) is 5.83. The smallest absolute Gasteiger partial charge is 0.0331 e. The van der Waals surface area contributed by atoms with Gasteiger partial charge in [0, 0.05) is 30.6 Å². The molecule has 1 atom stereocenters. The van der Waals surface area contributed by atoms with Crippen LogP contribution in [0, 0.1) is 12.8 Å². The molecule has 1 unspecified atom stereocenters. The minimum absolute atomic E-state index is 0.712. The third kappa shape index (κ3) is 4.08. The number of rotatable bonds is 6. The van der Waals surface area contributed by atoms with E-state index in [1.807, 2.05) is 11.3 Å². The standard InChI is InChI=1S/C15H26N2S/c1-12(2)9-17(10-14-5-4-7-16-14)11-15-13(3)6-8-18-15/h6,8,12,14,16H,4-5,7,9-11H2,1-3H3. The van der Waals surface area contributed by atoms with Crippen LogP contribution in [0.1, 0.15) is 37.1 Å². The van der Waals surface area contributed by atoms with Gasteiger partial charge in [0.05, 0.1) is 0 Å². The molecule has 1 N–H and O–H groups in total. The van der Waals surface area contributed by atoms with Crippen LogP contribution in [0.25, 0.3) is 0 Å². The summed E-state index contributed by atoms with van der Waals surface area (Å²) in [5.74, 6) is 0.742. The number of aryl methyl sites for hydroxylation is 1. The monoisotopic (exact) mass is 266 g/mol. The van der Waals surface area contributed by atoms with E-state index in [-0.39, 0.29) is 0 Å². The van der Waals surface area contributed by atoms with E-state index in [0.717, 1.165) is 12.5 Å². The van der Waals surface area contributed by atoms with E-state index in [2.05, 4.69) is 42.4 Å². The summed E-state index contributed by atoms with van der Waals surface area (Å²) >= 11 is 1.90. The van der Waals surface area contributed by atoms with Crippen molar-refractivity contribution in [3.05, 3.63) is 21.9 Å². The molecule has 0 saturated carbocycles. The Kier molecular flexibility index (Phi) is 5.22. The quantitative estimate of drug-likeness (QED) is 0.850. The molecule has 0 aliphatic carbocycles. The van der Waals surface area contributed by atoms with E-state index in [1.165, 1.54) is 42.9 Å². The molecule has 0 spiro atoms. The maximum Gasteiger partial charge on any atom is 0.0331 e. The molecule has 1 saturated heterocycles. The van der Waals surface area contributed by atoms with Crippen LogP contribution in [-0.4, -0.2) is 30.6 Å². The van der Waals surface area contributed by atoms with E-state index in [0.29, 0.717) is 6.04 Å². The average Bonchev–Trinajstić information content (AvgIpc) is 2.91. The maximum atomic E-state index is 3.62. The molecular weight excluding hydrogens is 240 g/mol. The van der Waals surface area contributed by atoms with Crippen molar-refractivity contribution in [2.24, 2.45) is 5.92 Å². The first kappa shape index (κ1) is 14.0. The molecule has 1 aliphatic heterocycles. The third-order valence-electron chi connectivity index (χ3n) is 3.60. The Balaban J connectivity index is 1.93. The van der Waals surface area contributed by atoms with Crippen LogP contribution in [0.5, 0.6) is 0 Å². The van der Waals surface area contributed by atoms with E-state index < -0.39 is 0 Å². The Bertz CT molecular complexity index is 353. The molecule has 2 rings (SSSR count). The van der Waals surface area contributed by atoms with Crippen LogP contribution in [0.4, 0.5) is 0 Å². The van der Waals surface area contributed by atoms with Gasteiger partial charge in [0.15, 0.2) is 0 Å². The highest BCUT2D eigenvalue weighted by Crippen LogP contribution is 2.19. The zero-order chi connectivity index (χ0) is 13.0. The van der Waals surface area contributed by atoms with Crippen molar-refractivity contribution in [2.75, 3.05) is 19.6 Å². The first-order valence-electron chi connectivity index (χ1n) is 7.14. The van der Waals surface area contributed by atoms with E-state index in [4.69, 9.17) is 0 Å². The molecule has 2 nitrogen and oxygen atoms in total. The first-order chi connectivity index (χ1) is 8.65. The molecule has 102 valence electrons. The fourth-order valence-electron chi connectivity index (χ4n) is 2.71.